The highest BCUT2D eigenvalue weighted by atomic mass is 16.8. The average Bonchev–Trinajstić information content (AvgIpc) is 3.78. The number of carbonyl (C=O) groups is 2. The quantitative estimate of drug-likeness (QED) is 0.0726. The standard InChI is InChI=1S/C33H42O18/c1-13-22(39)27(48-20(38)7-5-15-4-6-18(43-3)17(37)10-15)28(46-14(2)36)32(45-13)49-26-16-8-9-44-30(21(16)33(12-35)29(26)51-33)50-31-25(42)24(41)23(40)19(11-34)47-31/h4-10,13,16,19,21-32,34-35,37,39-42H,11-12H2,1-3H3/b7-5+/t13-,16+,19+,21+,22-,23+,24-,25+,26-,27+,28+,29-,30-,31-,32-,33+/m0/s1. The van der Waals surface area contributed by atoms with Crippen LogP contribution < -0.4 is 4.74 Å². The van der Waals surface area contributed by atoms with Crippen molar-refractivity contribution in [2.45, 2.75) is 99.4 Å². The normalized spacial score (nSPS) is 42.8. The van der Waals surface area contributed by atoms with E-state index in [4.69, 9.17) is 42.6 Å². The Labute approximate surface area is 291 Å². The number of benzene rings is 1. The van der Waals surface area contributed by atoms with Gasteiger partial charge in [-0.05, 0) is 36.8 Å². The predicted molar refractivity (Wildman–Crippen MR) is 165 cm³/mol. The molecule has 5 aliphatic rings. The number of aliphatic hydroxyl groups is 6. The Balaban J connectivity index is 1.20. The van der Waals surface area contributed by atoms with Gasteiger partial charge in [-0.25, -0.2) is 4.79 Å². The maximum atomic E-state index is 13.0. The molecule has 1 saturated carbocycles. The number of rotatable bonds is 11. The van der Waals surface area contributed by atoms with Gasteiger partial charge in [-0.15, -0.1) is 0 Å². The second-order valence-corrected chi connectivity index (χ2v) is 13.0. The van der Waals surface area contributed by atoms with Crippen LogP contribution in [0.5, 0.6) is 11.5 Å². The smallest absolute Gasteiger partial charge is 0.331 e. The van der Waals surface area contributed by atoms with E-state index in [9.17, 15) is 45.3 Å². The molecule has 16 atom stereocenters. The van der Waals surface area contributed by atoms with Crippen LogP contribution in [0, 0.1) is 11.8 Å². The van der Waals surface area contributed by atoms with Gasteiger partial charge in [0, 0.05) is 18.9 Å². The molecule has 0 unspecified atom stereocenters. The van der Waals surface area contributed by atoms with Crippen LogP contribution in [0.2, 0.25) is 0 Å². The minimum Gasteiger partial charge on any atom is -0.504 e. The highest BCUT2D eigenvalue weighted by Gasteiger charge is 2.77. The fraction of sp³-hybridized carbons (Fsp3) is 0.636. The predicted octanol–water partition coefficient (Wildman–Crippen LogP) is -2.19. The van der Waals surface area contributed by atoms with Crippen LogP contribution >= 0.6 is 0 Å². The molecule has 0 amide bonds. The molecule has 51 heavy (non-hydrogen) atoms. The lowest BCUT2D eigenvalue weighted by Gasteiger charge is -2.44. The molecule has 0 spiro atoms. The summed E-state index contributed by atoms with van der Waals surface area (Å²) < 4.78 is 51.5. The zero-order chi connectivity index (χ0) is 36.8. The second kappa shape index (κ2) is 14.9. The van der Waals surface area contributed by atoms with Gasteiger partial charge < -0.3 is 78.4 Å². The van der Waals surface area contributed by atoms with E-state index < -0.39 is 122 Å². The molecule has 3 saturated heterocycles. The van der Waals surface area contributed by atoms with E-state index in [-0.39, 0.29) is 11.5 Å². The molecule has 18 heteroatoms. The van der Waals surface area contributed by atoms with Gasteiger partial charge >= 0.3 is 11.9 Å². The zero-order valence-electron chi connectivity index (χ0n) is 27.7. The summed E-state index contributed by atoms with van der Waals surface area (Å²) in [5, 5.41) is 72.1. The van der Waals surface area contributed by atoms with Gasteiger partial charge in [0.25, 0.3) is 0 Å². The first-order valence-electron chi connectivity index (χ1n) is 16.3. The van der Waals surface area contributed by atoms with Gasteiger partial charge in [0.2, 0.25) is 6.29 Å². The Bertz CT molecular complexity index is 1480. The van der Waals surface area contributed by atoms with Gasteiger partial charge in [0.15, 0.2) is 36.3 Å². The van der Waals surface area contributed by atoms with Crippen molar-refractivity contribution in [3.63, 3.8) is 0 Å². The maximum absolute atomic E-state index is 13.0. The van der Waals surface area contributed by atoms with Gasteiger partial charge in [-0.3, -0.25) is 4.79 Å². The Hall–Kier alpha value is -3.40. The van der Waals surface area contributed by atoms with Crippen molar-refractivity contribution < 1.29 is 88.0 Å². The number of methoxy groups -OCH3 is 1. The van der Waals surface area contributed by atoms with E-state index in [1.807, 2.05) is 0 Å². The lowest BCUT2D eigenvalue weighted by molar-refractivity contribution is -0.347. The number of esters is 2. The van der Waals surface area contributed by atoms with E-state index in [2.05, 4.69) is 0 Å². The van der Waals surface area contributed by atoms with Crippen molar-refractivity contribution in [1.29, 1.82) is 0 Å². The molecule has 1 aliphatic carbocycles. The third-order valence-corrected chi connectivity index (χ3v) is 9.82. The summed E-state index contributed by atoms with van der Waals surface area (Å²) in [5.74, 6) is -3.04. The van der Waals surface area contributed by atoms with Crippen molar-refractivity contribution in [1.82, 2.24) is 0 Å². The summed E-state index contributed by atoms with van der Waals surface area (Å²) in [6, 6.07) is 4.46. The number of hydrogen-bond acceptors (Lipinski definition) is 18. The van der Waals surface area contributed by atoms with E-state index in [1.54, 1.807) is 12.1 Å². The van der Waals surface area contributed by atoms with Crippen LogP contribution in [-0.4, -0.2) is 154 Å². The SMILES string of the molecule is COc1ccc(/C=C/C(=O)O[C@@H]2[C@@H](O)[C@H](C)O[C@@H](O[C@H]3[C@@H]4C=CO[C@@H](O[C@@H]5O[C@H](CO)[C@@H](O)[C@H](O)[C@H]5O)[C@@H]4[C@@]4(CO)O[C@@H]34)[C@@H]2OC(C)=O)cc1O. The zero-order valence-corrected chi connectivity index (χ0v) is 27.7. The fourth-order valence-electron chi connectivity index (χ4n) is 7.16. The molecule has 0 radical (unpaired) electrons. The Morgan fingerprint density at radius 2 is 1.69 bits per heavy atom. The number of ether oxygens (including phenoxy) is 9. The highest BCUT2D eigenvalue weighted by Crippen LogP contribution is 2.61. The number of epoxide rings is 1. The Morgan fingerprint density at radius 3 is 2.35 bits per heavy atom. The molecule has 7 N–H and O–H groups in total. The highest BCUT2D eigenvalue weighted by molar-refractivity contribution is 5.87. The first-order chi connectivity index (χ1) is 24.3. The molecule has 4 fully saturated rings. The second-order valence-electron chi connectivity index (χ2n) is 13.0. The third-order valence-electron chi connectivity index (χ3n) is 9.82. The van der Waals surface area contributed by atoms with Crippen molar-refractivity contribution in [3.8, 4) is 11.5 Å². The Kier molecular flexibility index (Phi) is 10.9. The molecule has 0 aromatic heterocycles. The summed E-state index contributed by atoms with van der Waals surface area (Å²) in [6.45, 7) is 1.42. The van der Waals surface area contributed by atoms with Crippen molar-refractivity contribution in [2.24, 2.45) is 11.8 Å². The largest absolute Gasteiger partial charge is 0.504 e. The van der Waals surface area contributed by atoms with Crippen LogP contribution in [-0.2, 0) is 47.5 Å². The monoisotopic (exact) mass is 726 g/mol. The number of aromatic hydroxyl groups is 1. The Morgan fingerprint density at radius 1 is 0.922 bits per heavy atom. The summed E-state index contributed by atoms with van der Waals surface area (Å²) >= 11 is 0. The van der Waals surface area contributed by atoms with Gasteiger partial charge in [0.05, 0.1) is 44.7 Å². The van der Waals surface area contributed by atoms with E-state index in [0.29, 0.717) is 5.56 Å². The molecule has 1 aromatic rings. The number of phenols is 1. The molecular weight excluding hydrogens is 684 g/mol. The van der Waals surface area contributed by atoms with Gasteiger partial charge in [-0.2, -0.15) is 0 Å². The number of carbonyl (C=O) groups excluding carboxylic acids is 2. The van der Waals surface area contributed by atoms with Crippen molar-refractivity contribution in [3.05, 3.63) is 42.2 Å². The summed E-state index contributed by atoms with van der Waals surface area (Å²) in [4.78, 5) is 25.2. The molecule has 6 rings (SSSR count). The number of phenolic OH excluding ortho intramolecular Hbond substituents is 1. The first kappa shape index (κ1) is 37.4. The molecule has 4 heterocycles. The molecule has 1 aromatic carbocycles. The van der Waals surface area contributed by atoms with Crippen LogP contribution in [0.1, 0.15) is 19.4 Å². The van der Waals surface area contributed by atoms with Crippen LogP contribution in [0.15, 0.2) is 36.6 Å². The molecular formula is C33H42O18. The van der Waals surface area contributed by atoms with Gasteiger partial charge in [0.1, 0.15) is 42.2 Å². The maximum Gasteiger partial charge on any atom is 0.331 e. The van der Waals surface area contributed by atoms with E-state index in [0.717, 1.165) is 13.0 Å². The number of hydrogen-bond donors (Lipinski definition) is 7. The third kappa shape index (κ3) is 7.06. The fourth-order valence-corrected chi connectivity index (χ4v) is 7.16. The molecule has 282 valence electrons. The van der Waals surface area contributed by atoms with Crippen LogP contribution in [0.3, 0.4) is 0 Å². The molecule has 18 nitrogen and oxygen atoms in total. The van der Waals surface area contributed by atoms with Crippen LogP contribution in [0.25, 0.3) is 6.08 Å². The number of aliphatic hydroxyl groups excluding tert-OH is 6. The van der Waals surface area contributed by atoms with Crippen LogP contribution in [0.4, 0.5) is 0 Å². The van der Waals surface area contributed by atoms with E-state index >= 15 is 0 Å². The van der Waals surface area contributed by atoms with Crippen molar-refractivity contribution in [2.75, 3.05) is 20.3 Å². The number of fused-ring (bicyclic) bond motifs is 3. The summed E-state index contributed by atoms with van der Waals surface area (Å²) in [5.41, 5.74) is -0.836. The minimum absolute atomic E-state index is 0.151. The lowest BCUT2D eigenvalue weighted by Crippen LogP contribution is -2.61. The lowest BCUT2D eigenvalue weighted by atomic mass is 9.85. The first-order valence-corrected chi connectivity index (χ1v) is 16.3. The molecule has 4 aliphatic heterocycles. The van der Waals surface area contributed by atoms with E-state index in [1.165, 1.54) is 38.5 Å². The van der Waals surface area contributed by atoms with Crippen molar-refractivity contribution >= 4 is 18.0 Å². The summed E-state index contributed by atoms with van der Waals surface area (Å²) in [7, 11) is 1.39. The summed E-state index contributed by atoms with van der Waals surface area (Å²) in [6.07, 6.45) is -12.2. The topological polar surface area (TPSA) is 262 Å². The average molecular weight is 727 g/mol. The van der Waals surface area contributed by atoms with Gasteiger partial charge in [-0.1, -0.05) is 6.07 Å². The minimum atomic E-state index is -1.73. The molecule has 0 bridgehead atoms.